The molecule has 1 fully saturated rings. The topological polar surface area (TPSA) is 55.2 Å². The van der Waals surface area contributed by atoms with E-state index in [0.29, 0.717) is 16.6 Å². The van der Waals surface area contributed by atoms with E-state index >= 15 is 0 Å². The SMILES string of the molecule is O=[N+]([O-])c1cc(Cl)ccc1NCC1CCCC1. The van der Waals surface area contributed by atoms with Crippen molar-refractivity contribution in [3.8, 4) is 0 Å². The van der Waals surface area contributed by atoms with Gasteiger partial charge in [-0.3, -0.25) is 10.1 Å². The maximum atomic E-state index is 10.9. The lowest BCUT2D eigenvalue weighted by Crippen LogP contribution is -2.11. The van der Waals surface area contributed by atoms with Crippen LogP contribution in [0.3, 0.4) is 0 Å². The molecule has 0 atom stereocenters. The van der Waals surface area contributed by atoms with Crippen molar-refractivity contribution in [1.29, 1.82) is 0 Å². The highest BCUT2D eigenvalue weighted by Crippen LogP contribution is 2.30. The molecular formula is C12H15ClN2O2. The molecule has 1 aliphatic carbocycles. The van der Waals surface area contributed by atoms with Gasteiger partial charge in [-0.15, -0.1) is 0 Å². The van der Waals surface area contributed by atoms with Crippen molar-refractivity contribution in [1.82, 2.24) is 0 Å². The van der Waals surface area contributed by atoms with Gasteiger partial charge in [-0.25, -0.2) is 0 Å². The Morgan fingerprint density at radius 1 is 1.41 bits per heavy atom. The fourth-order valence-corrected chi connectivity index (χ4v) is 2.44. The summed E-state index contributed by atoms with van der Waals surface area (Å²) in [6.45, 7) is 0.808. The van der Waals surface area contributed by atoms with Crippen LogP contribution in [0, 0.1) is 16.0 Å². The van der Waals surface area contributed by atoms with E-state index in [1.807, 2.05) is 0 Å². The Hall–Kier alpha value is -1.29. The maximum Gasteiger partial charge on any atom is 0.293 e. The van der Waals surface area contributed by atoms with Gasteiger partial charge >= 0.3 is 0 Å². The van der Waals surface area contributed by atoms with Gasteiger partial charge in [0.1, 0.15) is 5.69 Å². The third-order valence-electron chi connectivity index (χ3n) is 3.21. The van der Waals surface area contributed by atoms with Crippen LogP contribution in [0.1, 0.15) is 25.7 Å². The molecule has 4 nitrogen and oxygen atoms in total. The third kappa shape index (κ3) is 3.09. The van der Waals surface area contributed by atoms with E-state index in [-0.39, 0.29) is 5.69 Å². The van der Waals surface area contributed by atoms with Crippen molar-refractivity contribution in [2.45, 2.75) is 25.7 Å². The lowest BCUT2D eigenvalue weighted by Gasteiger charge is -2.11. The quantitative estimate of drug-likeness (QED) is 0.656. The highest BCUT2D eigenvalue weighted by molar-refractivity contribution is 6.30. The lowest BCUT2D eigenvalue weighted by atomic mass is 10.1. The monoisotopic (exact) mass is 254 g/mol. The molecular weight excluding hydrogens is 240 g/mol. The van der Waals surface area contributed by atoms with Crippen LogP contribution in [0.4, 0.5) is 11.4 Å². The second-order valence-electron chi connectivity index (χ2n) is 4.45. The van der Waals surface area contributed by atoms with Crippen molar-refractivity contribution in [2.24, 2.45) is 5.92 Å². The Labute approximate surface area is 105 Å². The molecule has 1 saturated carbocycles. The summed E-state index contributed by atoms with van der Waals surface area (Å²) < 4.78 is 0. The van der Waals surface area contributed by atoms with Crippen LogP contribution in [-0.4, -0.2) is 11.5 Å². The molecule has 0 saturated heterocycles. The molecule has 0 bridgehead atoms. The molecule has 5 heteroatoms. The normalized spacial score (nSPS) is 16.1. The molecule has 1 aromatic carbocycles. The summed E-state index contributed by atoms with van der Waals surface area (Å²) in [6, 6.07) is 4.74. The number of hydrogen-bond acceptors (Lipinski definition) is 3. The van der Waals surface area contributed by atoms with Crippen LogP contribution in [-0.2, 0) is 0 Å². The number of nitrogens with one attached hydrogen (secondary N) is 1. The smallest absolute Gasteiger partial charge is 0.293 e. The molecule has 17 heavy (non-hydrogen) atoms. The molecule has 0 spiro atoms. The van der Waals surface area contributed by atoms with Crippen LogP contribution in [0.5, 0.6) is 0 Å². The number of benzene rings is 1. The first-order chi connectivity index (χ1) is 8.16. The number of nitrogens with zero attached hydrogens (tertiary/aromatic N) is 1. The second kappa shape index (κ2) is 5.36. The van der Waals surface area contributed by atoms with Gasteiger partial charge in [-0.1, -0.05) is 24.4 Å². The fraction of sp³-hybridized carbons (Fsp3) is 0.500. The summed E-state index contributed by atoms with van der Waals surface area (Å²) >= 11 is 5.76. The molecule has 0 amide bonds. The number of rotatable bonds is 4. The van der Waals surface area contributed by atoms with Gasteiger partial charge in [0.15, 0.2) is 0 Å². The minimum absolute atomic E-state index is 0.0514. The average molecular weight is 255 g/mol. The Kier molecular flexibility index (Phi) is 3.84. The molecule has 1 aliphatic rings. The third-order valence-corrected chi connectivity index (χ3v) is 3.45. The van der Waals surface area contributed by atoms with Crippen molar-refractivity contribution in [2.75, 3.05) is 11.9 Å². The van der Waals surface area contributed by atoms with Crippen molar-refractivity contribution in [3.05, 3.63) is 33.3 Å². The Morgan fingerprint density at radius 3 is 2.76 bits per heavy atom. The zero-order chi connectivity index (χ0) is 12.3. The van der Waals surface area contributed by atoms with Gasteiger partial charge in [0.05, 0.1) is 4.92 Å². The minimum atomic E-state index is -0.400. The number of halogens is 1. The van der Waals surface area contributed by atoms with Crippen LogP contribution < -0.4 is 5.32 Å². The summed E-state index contributed by atoms with van der Waals surface area (Å²) in [5.74, 6) is 0.644. The highest BCUT2D eigenvalue weighted by atomic mass is 35.5. The van der Waals surface area contributed by atoms with E-state index in [1.54, 1.807) is 12.1 Å². The molecule has 0 radical (unpaired) electrons. The average Bonchev–Trinajstić information content (AvgIpc) is 2.80. The zero-order valence-electron chi connectivity index (χ0n) is 9.49. The van der Waals surface area contributed by atoms with Crippen molar-refractivity contribution in [3.63, 3.8) is 0 Å². The summed E-state index contributed by atoms with van der Waals surface area (Å²) in [6.07, 6.45) is 4.98. The second-order valence-corrected chi connectivity index (χ2v) is 4.89. The van der Waals surface area contributed by atoms with Gasteiger partial charge < -0.3 is 5.32 Å². The Balaban J connectivity index is 2.06. The van der Waals surface area contributed by atoms with E-state index < -0.39 is 4.92 Å². The fourth-order valence-electron chi connectivity index (χ4n) is 2.27. The van der Waals surface area contributed by atoms with Crippen LogP contribution in [0.2, 0.25) is 5.02 Å². The van der Waals surface area contributed by atoms with Gasteiger partial charge in [-0.2, -0.15) is 0 Å². The van der Waals surface area contributed by atoms with Gasteiger partial charge in [0, 0.05) is 17.6 Å². The predicted octanol–water partition coefficient (Wildman–Crippen LogP) is 3.85. The molecule has 92 valence electrons. The van der Waals surface area contributed by atoms with Gasteiger partial charge in [-0.05, 0) is 30.9 Å². The summed E-state index contributed by atoms with van der Waals surface area (Å²) in [5.41, 5.74) is 0.613. The predicted molar refractivity (Wildman–Crippen MR) is 68.6 cm³/mol. The van der Waals surface area contributed by atoms with Gasteiger partial charge in [0.2, 0.25) is 0 Å². The van der Waals surface area contributed by atoms with Crippen molar-refractivity contribution >= 4 is 23.0 Å². The van der Waals surface area contributed by atoms with Gasteiger partial charge in [0.25, 0.3) is 5.69 Å². The molecule has 0 unspecified atom stereocenters. The van der Waals surface area contributed by atoms with Crippen LogP contribution in [0.15, 0.2) is 18.2 Å². The summed E-state index contributed by atoms with van der Waals surface area (Å²) in [4.78, 5) is 10.5. The molecule has 1 N–H and O–H groups in total. The van der Waals surface area contributed by atoms with E-state index in [0.717, 1.165) is 6.54 Å². The summed E-state index contributed by atoms with van der Waals surface area (Å²) in [7, 11) is 0. The number of nitro benzene ring substituents is 1. The molecule has 1 aromatic rings. The van der Waals surface area contributed by atoms with E-state index in [9.17, 15) is 10.1 Å². The number of anilines is 1. The minimum Gasteiger partial charge on any atom is -0.379 e. The lowest BCUT2D eigenvalue weighted by molar-refractivity contribution is -0.383. The largest absolute Gasteiger partial charge is 0.379 e. The standard InChI is InChI=1S/C12H15ClN2O2/c13-10-5-6-11(12(7-10)15(16)17)14-8-9-3-1-2-4-9/h5-7,9,14H,1-4,8H2. The first-order valence-corrected chi connectivity index (χ1v) is 6.22. The van der Waals surface area contributed by atoms with Crippen LogP contribution in [0.25, 0.3) is 0 Å². The van der Waals surface area contributed by atoms with E-state index in [2.05, 4.69) is 5.32 Å². The molecule has 0 aromatic heterocycles. The zero-order valence-corrected chi connectivity index (χ0v) is 10.2. The molecule has 0 heterocycles. The van der Waals surface area contributed by atoms with E-state index in [1.165, 1.54) is 31.7 Å². The van der Waals surface area contributed by atoms with Crippen molar-refractivity contribution < 1.29 is 4.92 Å². The number of hydrogen-bond donors (Lipinski definition) is 1. The number of nitro groups is 1. The summed E-state index contributed by atoms with van der Waals surface area (Å²) in [5, 5.41) is 14.4. The Morgan fingerprint density at radius 2 is 2.12 bits per heavy atom. The van der Waals surface area contributed by atoms with E-state index in [4.69, 9.17) is 11.6 Å². The first-order valence-electron chi connectivity index (χ1n) is 5.84. The first kappa shape index (κ1) is 12.2. The maximum absolute atomic E-state index is 10.9. The molecule has 2 rings (SSSR count). The van der Waals surface area contributed by atoms with Crippen LogP contribution >= 0.6 is 11.6 Å². The molecule has 0 aliphatic heterocycles. The Bertz CT molecular complexity index is 417. The highest BCUT2D eigenvalue weighted by Gasteiger charge is 2.18.